The molecule has 0 saturated heterocycles. The summed E-state index contributed by atoms with van der Waals surface area (Å²) in [6.07, 6.45) is -0.599. The van der Waals surface area contributed by atoms with Gasteiger partial charge >= 0.3 is 0 Å². The van der Waals surface area contributed by atoms with Crippen LogP contribution in [-0.2, 0) is 13.2 Å². The number of quaternary nitrogens is 1. The molecule has 0 aliphatic heterocycles. The summed E-state index contributed by atoms with van der Waals surface area (Å²) in [5.41, 5.74) is 1.25. The summed E-state index contributed by atoms with van der Waals surface area (Å²) in [5, 5.41) is 14.3. The number of nitrogens with zero attached hydrogens (tertiary/aromatic N) is 2. The molecule has 160 valence electrons. The molecule has 0 aliphatic carbocycles. The molecular formula is C23H30N3O4+. The van der Waals surface area contributed by atoms with Gasteiger partial charge in [-0.15, -0.1) is 0 Å². The topological polar surface area (TPSA) is 82.1 Å². The molecule has 2 aromatic carbocycles. The number of aryl methyl sites for hydroxylation is 1. The van der Waals surface area contributed by atoms with Crippen molar-refractivity contribution in [2.75, 3.05) is 13.2 Å². The molecule has 1 heterocycles. The minimum atomic E-state index is -0.599. The van der Waals surface area contributed by atoms with Crippen LogP contribution in [0.3, 0.4) is 0 Å². The van der Waals surface area contributed by atoms with Crippen LogP contribution in [0.2, 0.25) is 0 Å². The number of hydrogen-bond donors (Lipinski definition) is 2. The number of para-hydroxylation sites is 2. The van der Waals surface area contributed by atoms with Crippen LogP contribution in [0.15, 0.2) is 59.1 Å². The molecule has 30 heavy (non-hydrogen) atoms. The maximum absolute atomic E-state index is 10.6. The fourth-order valence-electron chi connectivity index (χ4n) is 3.14. The van der Waals surface area contributed by atoms with Crippen molar-refractivity contribution >= 4 is 0 Å². The van der Waals surface area contributed by atoms with Gasteiger partial charge in [-0.2, -0.15) is 4.98 Å². The zero-order valence-corrected chi connectivity index (χ0v) is 17.7. The van der Waals surface area contributed by atoms with Gasteiger partial charge in [-0.25, -0.2) is 0 Å². The Balaban J connectivity index is 1.53. The number of ether oxygens (including phenoxy) is 2. The summed E-state index contributed by atoms with van der Waals surface area (Å²) in [6, 6.07) is 18.1. The standard InChI is InChI=1S/C23H29N3O4/c1-17(2)26(13-19-9-5-4-6-10-19)14-20(27)15-28-21-11-7-8-12-22(21)29-16-23-24-18(3)25-30-23/h4-12,17,20,27H,13-16H2,1-3H3/p+1/t20-/m0/s1. The van der Waals surface area contributed by atoms with Crippen LogP contribution in [0.1, 0.15) is 31.1 Å². The summed E-state index contributed by atoms with van der Waals surface area (Å²) in [7, 11) is 0. The van der Waals surface area contributed by atoms with E-state index in [1.54, 1.807) is 6.92 Å². The van der Waals surface area contributed by atoms with Gasteiger partial charge in [0.25, 0.3) is 5.89 Å². The van der Waals surface area contributed by atoms with Gasteiger partial charge in [0, 0.05) is 5.56 Å². The number of aromatic nitrogens is 2. The second-order valence-corrected chi connectivity index (χ2v) is 7.62. The maximum Gasteiger partial charge on any atom is 0.264 e. The molecular weight excluding hydrogens is 382 g/mol. The molecule has 0 amide bonds. The number of aliphatic hydroxyl groups is 1. The van der Waals surface area contributed by atoms with Crippen LogP contribution < -0.4 is 14.4 Å². The van der Waals surface area contributed by atoms with E-state index in [1.165, 1.54) is 10.5 Å². The molecule has 2 atom stereocenters. The fourth-order valence-corrected chi connectivity index (χ4v) is 3.14. The van der Waals surface area contributed by atoms with E-state index in [0.29, 0.717) is 35.8 Å². The van der Waals surface area contributed by atoms with Gasteiger partial charge in [-0.1, -0.05) is 47.6 Å². The van der Waals surface area contributed by atoms with Crippen molar-refractivity contribution < 1.29 is 24.0 Å². The highest BCUT2D eigenvalue weighted by atomic mass is 16.5. The molecule has 0 spiro atoms. The first-order valence-electron chi connectivity index (χ1n) is 10.2. The van der Waals surface area contributed by atoms with E-state index in [0.717, 1.165) is 6.54 Å². The van der Waals surface area contributed by atoms with Crippen molar-refractivity contribution in [1.82, 2.24) is 10.1 Å². The van der Waals surface area contributed by atoms with E-state index in [2.05, 4.69) is 36.1 Å². The largest absolute Gasteiger partial charge is 0.487 e. The highest BCUT2D eigenvalue weighted by Gasteiger charge is 2.20. The molecule has 3 aromatic rings. The van der Waals surface area contributed by atoms with Crippen molar-refractivity contribution in [3.05, 3.63) is 71.9 Å². The van der Waals surface area contributed by atoms with E-state index in [4.69, 9.17) is 14.0 Å². The van der Waals surface area contributed by atoms with Crippen LogP contribution in [-0.4, -0.2) is 40.5 Å². The first-order chi connectivity index (χ1) is 14.5. The van der Waals surface area contributed by atoms with Gasteiger partial charge in [0.1, 0.15) is 25.8 Å². The van der Waals surface area contributed by atoms with Crippen molar-refractivity contribution in [3.8, 4) is 11.5 Å². The van der Waals surface area contributed by atoms with Crippen molar-refractivity contribution in [1.29, 1.82) is 0 Å². The third-order valence-corrected chi connectivity index (χ3v) is 4.79. The first-order valence-corrected chi connectivity index (χ1v) is 10.2. The van der Waals surface area contributed by atoms with Crippen LogP contribution in [0.25, 0.3) is 0 Å². The molecule has 1 unspecified atom stereocenters. The Bertz CT molecular complexity index is 898. The predicted molar refractivity (Wildman–Crippen MR) is 112 cm³/mol. The second-order valence-electron chi connectivity index (χ2n) is 7.62. The zero-order valence-electron chi connectivity index (χ0n) is 17.7. The lowest BCUT2D eigenvalue weighted by molar-refractivity contribution is -0.937. The third-order valence-electron chi connectivity index (χ3n) is 4.79. The maximum atomic E-state index is 10.6. The molecule has 1 aromatic heterocycles. The molecule has 0 aliphatic rings. The van der Waals surface area contributed by atoms with E-state index in [-0.39, 0.29) is 13.2 Å². The average molecular weight is 413 g/mol. The Labute approximate surface area is 177 Å². The number of rotatable bonds is 11. The molecule has 3 rings (SSSR count). The van der Waals surface area contributed by atoms with Crippen LogP contribution in [0.4, 0.5) is 0 Å². The minimum Gasteiger partial charge on any atom is -0.487 e. The van der Waals surface area contributed by atoms with Gasteiger partial charge < -0.3 is 24.0 Å². The lowest BCUT2D eigenvalue weighted by atomic mass is 10.1. The van der Waals surface area contributed by atoms with Crippen LogP contribution in [0, 0.1) is 6.92 Å². The second kappa shape index (κ2) is 10.8. The van der Waals surface area contributed by atoms with E-state index >= 15 is 0 Å². The van der Waals surface area contributed by atoms with Gasteiger partial charge in [0.2, 0.25) is 0 Å². The highest BCUT2D eigenvalue weighted by Crippen LogP contribution is 2.27. The first kappa shape index (κ1) is 21.8. The molecule has 0 saturated carbocycles. The summed E-state index contributed by atoms with van der Waals surface area (Å²) >= 11 is 0. The Morgan fingerprint density at radius 2 is 1.67 bits per heavy atom. The Morgan fingerprint density at radius 1 is 1.00 bits per heavy atom. The van der Waals surface area contributed by atoms with Crippen LogP contribution >= 0.6 is 0 Å². The predicted octanol–water partition coefficient (Wildman–Crippen LogP) is 2.19. The van der Waals surface area contributed by atoms with Crippen molar-refractivity contribution in [3.63, 3.8) is 0 Å². The number of hydrogen-bond acceptors (Lipinski definition) is 6. The van der Waals surface area contributed by atoms with Gasteiger partial charge in [0.05, 0.1) is 6.04 Å². The van der Waals surface area contributed by atoms with Crippen molar-refractivity contribution in [2.24, 2.45) is 0 Å². The SMILES string of the molecule is Cc1noc(COc2ccccc2OC[C@@H](O)C[NH+](Cc2ccccc2)C(C)C)n1. The highest BCUT2D eigenvalue weighted by molar-refractivity contribution is 5.39. The van der Waals surface area contributed by atoms with E-state index in [1.807, 2.05) is 42.5 Å². The lowest BCUT2D eigenvalue weighted by Crippen LogP contribution is -3.14. The quantitative estimate of drug-likeness (QED) is 0.502. The smallest absolute Gasteiger partial charge is 0.264 e. The van der Waals surface area contributed by atoms with Crippen molar-refractivity contribution in [2.45, 2.75) is 46.1 Å². The normalized spacial score (nSPS) is 13.2. The monoisotopic (exact) mass is 412 g/mol. The summed E-state index contributed by atoms with van der Waals surface area (Å²) in [4.78, 5) is 5.43. The Kier molecular flexibility index (Phi) is 7.82. The molecule has 7 heteroatoms. The molecule has 0 radical (unpaired) electrons. The third kappa shape index (κ3) is 6.57. The average Bonchev–Trinajstić information content (AvgIpc) is 3.16. The van der Waals surface area contributed by atoms with Gasteiger partial charge in [0.15, 0.2) is 23.9 Å². The Hall–Kier alpha value is -2.90. The Morgan fingerprint density at radius 3 is 2.30 bits per heavy atom. The van der Waals surface area contributed by atoms with Gasteiger partial charge in [-0.05, 0) is 32.9 Å². The zero-order chi connectivity index (χ0) is 21.3. The summed E-state index contributed by atoms with van der Waals surface area (Å²) < 4.78 is 16.7. The van der Waals surface area contributed by atoms with Gasteiger partial charge in [-0.3, -0.25) is 0 Å². The number of benzene rings is 2. The molecule has 7 nitrogen and oxygen atoms in total. The molecule has 0 fully saturated rings. The molecule has 2 N–H and O–H groups in total. The molecule has 0 bridgehead atoms. The minimum absolute atomic E-state index is 0.159. The van der Waals surface area contributed by atoms with Crippen LogP contribution in [0.5, 0.6) is 11.5 Å². The number of nitrogens with one attached hydrogen (secondary N) is 1. The summed E-state index contributed by atoms with van der Waals surface area (Å²) in [5.74, 6) is 2.10. The summed E-state index contributed by atoms with van der Waals surface area (Å²) in [6.45, 7) is 7.88. The van der Waals surface area contributed by atoms with E-state index in [9.17, 15) is 5.11 Å². The lowest BCUT2D eigenvalue weighted by Gasteiger charge is -2.26. The number of aliphatic hydroxyl groups excluding tert-OH is 1. The van der Waals surface area contributed by atoms with E-state index < -0.39 is 6.10 Å². The fraction of sp³-hybridized carbons (Fsp3) is 0.391.